The average molecular weight is 340 g/mol. The first-order valence-corrected chi connectivity index (χ1v) is 8.12. The quantitative estimate of drug-likeness (QED) is 0.620. The lowest BCUT2D eigenvalue weighted by Crippen LogP contribution is -2.14. The van der Waals surface area contributed by atoms with Crippen LogP contribution in [0, 0.1) is 6.92 Å². The molecule has 0 radical (unpaired) electrons. The third-order valence-electron chi connectivity index (χ3n) is 3.72. The van der Waals surface area contributed by atoms with Crippen molar-refractivity contribution in [2.24, 2.45) is 0 Å². The van der Waals surface area contributed by atoms with E-state index in [-0.39, 0.29) is 23.7 Å². The van der Waals surface area contributed by atoms with Crippen molar-refractivity contribution in [2.45, 2.75) is 13.5 Å². The number of benzene rings is 1. The Labute approximate surface area is 139 Å². The molecule has 0 atom stereocenters. The highest BCUT2D eigenvalue weighted by molar-refractivity contribution is 7.17. The molecule has 4 rings (SSSR count). The van der Waals surface area contributed by atoms with Crippen LogP contribution in [-0.4, -0.2) is 9.97 Å². The maximum atomic E-state index is 12.2. The summed E-state index contributed by atoms with van der Waals surface area (Å²) in [5.41, 5.74) is 0.558. The third kappa shape index (κ3) is 2.48. The van der Waals surface area contributed by atoms with E-state index in [1.54, 1.807) is 18.3 Å². The average Bonchev–Trinajstić information content (AvgIpc) is 2.95. The summed E-state index contributed by atoms with van der Waals surface area (Å²) in [5, 5.41) is 3.37. The topological polar surface area (TPSA) is 85.2 Å². The molecule has 3 aromatic heterocycles. The molecule has 0 fully saturated rings. The number of fused-ring (bicyclic) bond motifs is 2. The van der Waals surface area contributed by atoms with Gasteiger partial charge in [0.1, 0.15) is 12.0 Å². The van der Waals surface area contributed by atoms with Crippen molar-refractivity contribution in [1.29, 1.82) is 0 Å². The van der Waals surface area contributed by atoms with E-state index in [0.717, 1.165) is 15.6 Å². The SMILES string of the molecule is Cc1cc(=O)oc2nc(OCc3csc4ccccc34)[nH]c(=O)c12. The van der Waals surface area contributed by atoms with Crippen molar-refractivity contribution in [3.8, 4) is 6.01 Å². The van der Waals surface area contributed by atoms with E-state index < -0.39 is 11.2 Å². The minimum atomic E-state index is -0.548. The summed E-state index contributed by atoms with van der Waals surface area (Å²) in [6.07, 6.45) is 0. The molecule has 4 aromatic rings. The number of H-pyrrole nitrogens is 1. The maximum Gasteiger partial charge on any atom is 0.337 e. The first-order chi connectivity index (χ1) is 11.6. The first-order valence-electron chi connectivity index (χ1n) is 7.24. The summed E-state index contributed by atoms with van der Waals surface area (Å²) >= 11 is 1.63. The van der Waals surface area contributed by atoms with Gasteiger partial charge < -0.3 is 9.15 Å². The summed E-state index contributed by atoms with van der Waals surface area (Å²) in [6.45, 7) is 1.92. The summed E-state index contributed by atoms with van der Waals surface area (Å²) in [7, 11) is 0. The number of aryl methyl sites for hydroxylation is 1. The fourth-order valence-corrected chi connectivity index (χ4v) is 3.53. The molecule has 0 saturated heterocycles. The molecule has 0 bridgehead atoms. The molecule has 0 amide bonds. The Balaban J connectivity index is 1.70. The van der Waals surface area contributed by atoms with E-state index >= 15 is 0 Å². The van der Waals surface area contributed by atoms with Crippen LogP contribution in [0.25, 0.3) is 21.2 Å². The maximum absolute atomic E-state index is 12.2. The summed E-state index contributed by atoms with van der Waals surface area (Å²) < 4.78 is 11.8. The van der Waals surface area contributed by atoms with Crippen molar-refractivity contribution in [3.63, 3.8) is 0 Å². The van der Waals surface area contributed by atoms with E-state index in [1.165, 1.54) is 6.07 Å². The summed E-state index contributed by atoms with van der Waals surface area (Å²) in [5.74, 6) is 0. The third-order valence-corrected chi connectivity index (χ3v) is 4.73. The Morgan fingerprint density at radius 2 is 2.12 bits per heavy atom. The van der Waals surface area contributed by atoms with Crippen molar-refractivity contribution in [3.05, 3.63) is 67.6 Å². The first kappa shape index (κ1) is 14.6. The minimum Gasteiger partial charge on any atom is -0.460 e. The molecule has 1 aromatic carbocycles. The van der Waals surface area contributed by atoms with Crippen LogP contribution in [0.15, 0.2) is 49.7 Å². The Kier molecular flexibility index (Phi) is 3.42. The molecule has 6 nitrogen and oxygen atoms in total. The largest absolute Gasteiger partial charge is 0.460 e. The molecule has 0 saturated carbocycles. The summed E-state index contributed by atoms with van der Waals surface area (Å²) in [4.78, 5) is 30.3. The van der Waals surface area contributed by atoms with Gasteiger partial charge in [-0.05, 0) is 29.3 Å². The molecule has 120 valence electrons. The van der Waals surface area contributed by atoms with Gasteiger partial charge in [0, 0.05) is 16.3 Å². The van der Waals surface area contributed by atoms with E-state index in [0.29, 0.717) is 5.56 Å². The lowest BCUT2D eigenvalue weighted by atomic mass is 10.2. The number of hydrogen-bond donors (Lipinski definition) is 1. The number of thiophene rings is 1. The zero-order valence-electron chi connectivity index (χ0n) is 12.7. The van der Waals surface area contributed by atoms with E-state index in [4.69, 9.17) is 9.15 Å². The number of hydrogen-bond acceptors (Lipinski definition) is 6. The van der Waals surface area contributed by atoms with Gasteiger partial charge in [-0.3, -0.25) is 9.78 Å². The smallest absolute Gasteiger partial charge is 0.337 e. The molecule has 0 aliphatic heterocycles. The lowest BCUT2D eigenvalue weighted by molar-refractivity contribution is 0.281. The molecule has 0 aliphatic carbocycles. The fraction of sp³-hybridized carbons (Fsp3) is 0.118. The van der Waals surface area contributed by atoms with Gasteiger partial charge in [-0.2, -0.15) is 4.98 Å². The minimum absolute atomic E-state index is 0.0195. The van der Waals surface area contributed by atoms with Crippen molar-refractivity contribution in [1.82, 2.24) is 9.97 Å². The van der Waals surface area contributed by atoms with Crippen LogP contribution in [0.4, 0.5) is 0 Å². The van der Waals surface area contributed by atoms with Crippen LogP contribution in [-0.2, 0) is 6.61 Å². The Morgan fingerprint density at radius 3 is 3.00 bits per heavy atom. The second-order valence-corrected chi connectivity index (χ2v) is 6.26. The van der Waals surface area contributed by atoms with Crippen LogP contribution in [0.5, 0.6) is 6.01 Å². The van der Waals surface area contributed by atoms with Crippen LogP contribution in [0.2, 0.25) is 0 Å². The fourth-order valence-electron chi connectivity index (χ4n) is 2.59. The Hall–Kier alpha value is -2.93. The Morgan fingerprint density at radius 1 is 1.29 bits per heavy atom. The highest BCUT2D eigenvalue weighted by atomic mass is 32.1. The van der Waals surface area contributed by atoms with Gasteiger partial charge in [-0.15, -0.1) is 11.3 Å². The van der Waals surface area contributed by atoms with Gasteiger partial charge in [0.15, 0.2) is 0 Å². The highest BCUT2D eigenvalue weighted by Crippen LogP contribution is 2.26. The Bertz CT molecular complexity index is 1170. The summed E-state index contributed by atoms with van der Waals surface area (Å²) in [6, 6.07) is 9.29. The molecular weight excluding hydrogens is 328 g/mol. The predicted octanol–water partition coefficient (Wildman–Crippen LogP) is 2.98. The normalized spacial score (nSPS) is 11.2. The molecule has 0 unspecified atom stereocenters. The molecule has 3 heterocycles. The number of nitrogens with one attached hydrogen (secondary N) is 1. The van der Waals surface area contributed by atoms with Gasteiger partial charge in [0.2, 0.25) is 5.71 Å². The van der Waals surface area contributed by atoms with E-state index in [2.05, 4.69) is 9.97 Å². The van der Waals surface area contributed by atoms with Gasteiger partial charge in [0.05, 0.1) is 0 Å². The van der Waals surface area contributed by atoms with Crippen LogP contribution in [0.3, 0.4) is 0 Å². The van der Waals surface area contributed by atoms with E-state index in [9.17, 15) is 9.59 Å². The number of aromatic amines is 1. The zero-order valence-corrected chi connectivity index (χ0v) is 13.5. The second-order valence-electron chi connectivity index (χ2n) is 5.35. The molecule has 1 N–H and O–H groups in total. The van der Waals surface area contributed by atoms with Crippen LogP contribution in [0.1, 0.15) is 11.1 Å². The van der Waals surface area contributed by atoms with Crippen LogP contribution >= 0.6 is 11.3 Å². The molecule has 0 spiro atoms. The molecule has 0 aliphatic rings. The standard InChI is InChI=1S/C17H12N2O4S/c1-9-6-13(20)23-16-14(9)15(21)18-17(19-16)22-7-10-8-24-12-5-3-2-4-11(10)12/h2-6,8H,7H2,1H3,(H,18,19,21). The van der Waals surface area contributed by atoms with Crippen molar-refractivity contribution >= 4 is 32.5 Å². The number of nitrogens with zero attached hydrogens (tertiary/aromatic N) is 1. The highest BCUT2D eigenvalue weighted by Gasteiger charge is 2.11. The van der Waals surface area contributed by atoms with Crippen LogP contribution < -0.4 is 15.9 Å². The number of rotatable bonds is 3. The van der Waals surface area contributed by atoms with Gasteiger partial charge in [0.25, 0.3) is 11.6 Å². The van der Waals surface area contributed by atoms with Gasteiger partial charge in [-0.1, -0.05) is 18.2 Å². The van der Waals surface area contributed by atoms with Crippen molar-refractivity contribution < 1.29 is 9.15 Å². The number of aromatic nitrogens is 2. The predicted molar refractivity (Wildman–Crippen MR) is 91.8 cm³/mol. The van der Waals surface area contributed by atoms with E-state index in [1.807, 2.05) is 29.6 Å². The molecule has 7 heteroatoms. The molecule has 24 heavy (non-hydrogen) atoms. The van der Waals surface area contributed by atoms with Crippen molar-refractivity contribution in [2.75, 3.05) is 0 Å². The lowest BCUT2D eigenvalue weighted by Gasteiger charge is -2.05. The number of ether oxygens (including phenoxy) is 1. The monoisotopic (exact) mass is 340 g/mol. The van der Waals surface area contributed by atoms with Gasteiger partial charge in [-0.25, -0.2) is 4.79 Å². The molecular formula is C17H12N2O4S. The van der Waals surface area contributed by atoms with Gasteiger partial charge >= 0.3 is 5.63 Å². The second kappa shape index (κ2) is 5.61. The zero-order chi connectivity index (χ0) is 16.7.